The van der Waals surface area contributed by atoms with Crippen LogP contribution in [0, 0.1) is 0 Å². The molecule has 20 N–H and O–H groups in total. The number of nitrogens with zero attached hydrogens (tertiary/aromatic N) is 1. The number of carboxylic acids is 2. The number of phenolic OH excluding ortho intramolecular Hbond substituents is 1. The summed E-state index contributed by atoms with van der Waals surface area (Å²) in [4.78, 5) is 174. The van der Waals surface area contributed by atoms with Crippen molar-refractivity contribution in [2.24, 2.45) is 17.2 Å². The lowest BCUT2D eigenvalue weighted by Gasteiger charge is -2.28. The molecule has 0 aliphatic carbocycles. The second-order valence-electron chi connectivity index (χ2n) is 22.3. The summed E-state index contributed by atoms with van der Waals surface area (Å²) in [5, 5.41) is 53.4. The molecule has 508 valence electrons. The summed E-state index contributed by atoms with van der Waals surface area (Å²) < 4.78 is 0. The van der Waals surface area contributed by atoms with Crippen LogP contribution in [-0.4, -0.2) is 186 Å². The number of nitrogens with one attached hydrogen (secondary N) is 11. The Bertz CT molecular complexity index is 3380. The van der Waals surface area contributed by atoms with E-state index in [1.807, 2.05) is 0 Å². The van der Waals surface area contributed by atoms with Gasteiger partial charge in [-0.25, -0.2) is 9.78 Å². The fourth-order valence-electron chi connectivity index (χ4n) is 9.71. The molecule has 94 heavy (non-hydrogen) atoms. The average molecular weight is 1340 g/mol. The van der Waals surface area contributed by atoms with Gasteiger partial charge in [-0.1, -0.05) is 60.7 Å². The second kappa shape index (κ2) is 38.5. The molecule has 0 unspecified atom stereocenters. The fraction of sp³-hybridized carbons (Fsp3) is 0.435. The maximum absolute atomic E-state index is 14.8. The number of hydrogen-bond acceptors (Lipinski definition) is 18. The zero-order chi connectivity index (χ0) is 68.9. The predicted molar refractivity (Wildman–Crippen MR) is 350 cm³/mol. The third-order valence-corrected chi connectivity index (χ3v) is 15.9. The summed E-state index contributed by atoms with van der Waals surface area (Å²) in [5.41, 5.74) is 19.4. The minimum Gasteiger partial charge on any atom is -0.508 e. The number of thiol groups is 1. The normalized spacial score (nSPS) is 14.3. The maximum Gasteiger partial charge on any atom is 0.326 e. The van der Waals surface area contributed by atoms with Crippen LogP contribution in [0.15, 0.2) is 97.6 Å². The molecule has 0 radical (unpaired) electrons. The fourth-order valence-corrected chi connectivity index (χ4v) is 10.4. The zero-order valence-electron chi connectivity index (χ0n) is 51.9. The Balaban J connectivity index is 1.42. The third kappa shape index (κ3) is 24.8. The molecule has 0 saturated carbocycles. The Morgan fingerprint density at radius 2 is 1.01 bits per heavy atom. The molecule has 2 aromatic heterocycles. The van der Waals surface area contributed by atoms with E-state index in [9.17, 15) is 72.9 Å². The van der Waals surface area contributed by atoms with Crippen LogP contribution in [0.4, 0.5) is 0 Å². The van der Waals surface area contributed by atoms with Gasteiger partial charge in [-0.2, -0.15) is 24.4 Å². The largest absolute Gasteiger partial charge is 0.508 e. The van der Waals surface area contributed by atoms with Crippen molar-refractivity contribution in [1.29, 1.82) is 0 Å². The number of unbranched alkanes of at least 4 members (excludes halogenated alkanes) is 1. The van der Waals surface area contributed by atoms with Gasteiger partial charge in [-0.05, 0) is 98.9 Å². The number of primary amides is 1. The average Bonchev–Trinajstić information content (AvgIpc) is 2.00. The third-order valence-electron chi connectivity index (χ3n) is 14.9. The quantitative estimate of drug-likeness (QED) is 0.0158. The highest BCUT2D eigenvalue weighted by Gasteiger charge is 2.36. The molecule has 5 rings (SSSR count). The van der Waals surface area contributed by atoms with E-state index >= 15 is 0 Å². The number of para-hydroxylation sites is 1. The number of H-pyrrole nitrogens is 2. The summed E-state index contributed by atoms with van der Waals surface area (Å²) in [6.07, 6.45) is 4.12. The lowest BCUT2D eigenvalue weighted by Crippen LogP contribution is -2.61. The van der Waals surface area contributed by atoms with Crippen molar-refractivity contribution in [3.8, 4) is 5.75 Å². The van der Waals surface area contributed by atoms with Crippen molar-refractivity contribution in [1.82, 2.24) is 62.8 Å². The van der Waals surface area contributed by atoms with E-state index in [4.69, 9.17) is 17.2 Å². The van der Waals surface area contributed by atoms with E-state index in [1.165, 1.54) is 55.5 Å². The first-order chi connectivity index (χ1) is 44.9. The highest BCUT2D eigenvalue weighted by molar-refractivity contribution is 7.98. The number of aromatic hydroxyl groups is 1. The summed E-state index contributed by atoms with van der Waals surface area (Å²) in [7, 11) is 0. The smallest absolute Gasteiger partial charge is 0.326 e. The lowest BCUT2D eigenvalue weighted by atomic mass is 10.0. The van der Waals surface area contributed by atoms with Crippen LogP contribution >= 0.6 is 24.4 Å². The number of aromatic amines is 2. The summed E-state index contributed by atoms with van der Waals surface area (Å²) >= 11 is 5.71. The van der Waals surface area contributed by atoms with Crippen molar-refractivity contribution >= 4 is 106 Å². The molecule has 0 aliphatic heterocycles. The number of thioether (sulfide) groups is 1. The molecule has 30 nitrogen and oxygen atoms in total. The number of aromatic nitrogens is 3. The molecule has 3 aromatic carbocycles. The molecule has 2 heterocycles. The number of fused-ring (bicyclic) bond motifs is 1. The summed E-state index contributed by atoms with van der Waals surface area (Å²) in [5.74, 6) is -12.0. The van der Waals surface area contributed by atoms with Gasteiger partial charge < -0.3 is 90.3 Å². The summed E-state index contributed by atoms with van der Waals surface area (Å²) in [6, 6.07) is 6.79. The molecule has 32 heteroatoms. The first kappa shape index (κ1) is 75.2. The zero-order valence-corrected chi connectivity index (χ0v) is 53.6. The maximum atomic E-state index is 14.8. The van der Waals surface area contributed by atoms with Crippen LogP contribution in [0.1, 0.15) is 80.7 Å². The Morgan fingerprint density at radius 1 is 0.543 bits per heavy atom. The Morgan fingerprint density at radius 3 is 1.52 bits per heavy atom. The van der Waals surface area contributed by atoms with Gasteiger partial charge in [0.1, 0.15) is 60.1 Å². The number of carboxylic acid groups (broad SMARTS) is 2. The van der Waals surface area contributed by atoms with E-state index in [0.29, 0.717) is 46.1 Å². The van der Waals surface area contributed by atoms with E-state index in [1.54, 1.807) is 67.0 Å². The Kier molecular flexibility index (Phi) is 30.8. The monoisotopic (exact) mass is 1340 g/mol. The Labute approximate surface area is 551 Å². The molecular weight excluding hydrogens is 1260 g/mol. The number of carbonyl (C=O) groups excluding carboxylic acids is 10. The second-order valence-corrected chi connectivity index (χ2v) is 23.6. The molecule has 10 amide bonds. The number of hydrogen-bond donors (Lipinski definition) is 18. The van der Waals surface area contributed by atoms with Gasteiger partial charge in [0.25, 0.3) is 0 Å². The van der Waals surface area contributed by atoms with Gasteiger partial charge in [0, 0.05) is 73.3 Å². The van der Waals surface area contributed by atoms with E-state index in [0.717, 1.165) is 0 Å². The number of carbonyl (C=O) groups is 12. The molecule has 0 spiro atoms. The molecule has 0 bridgehead atoms. The van der Waals surface area contributed by atoms with Crippen LogP contribution in [0.2, 0.25) is 0 Å². The highest BCUT2D eigenvalue weighted by atomic mass is 32.2. The van der Waals surface area contributed by atoms with Gasteiger partial charge in [-0.15, -0.1) is 0 Å². The minimum atomic E-state index is -1.60. The SMILES string of the molecule is CSCC[C@H](NC(=O)[C@H](CCC(=O)O)NC(=O)[C@H](Cc1ccc(O)cc1)NC(=O)[C@H](C)N)C(=O)N[C@@H](Cc1c[nH]c2ccccc12)C(=O)N[C@@H](CS)C(=O)N[C@@H](Cc1ccccc1)C(=O)N[C@@H](Cc1cnc[nH]1)C(=O)N[C@@H](CCC(N)=O)C(=O)N[C@@H](CCCCN)C(=O)O. The van der Waals surface area contributed by atoms with Gasteiger partial charge in [0.2, 0.25) is 59.1 Å². The van der Waals surface area contributed by atoms with Crippen LogP contribution in [-0.2, 0) is 83.2 Å². The van der Waals surface area contributed by atoms with Gasteiger partial charge in [0.05, 0.1) is 12.4 Å². The molecule has 0 saturated heterocycles. The van der Waals surface area contributed by atoms with E-state index in [-0.39, 0.29) is 68.7 Å². The number of rotatable bonds is 41. The number of aliphatic carboxylic acids is 2. The van der Waals surface area contributed by atoms with Crippen LogP contribution in [0.3, 0.4) is 0 Å². The highest BCUT2D eigenvalue weighted by Crippen LogP contribution is 2.20. The minimum absolute atomic E-state index is 0.00127. The van der Waals surface area contributed by atoms with Crippen LogP contribution in [0.5, 0.6) is 5.75 Å². The van der Waals surface area contributed by atoms with Crippen LogP contribution < -0.4 is 65.1 Å². The van der Waals surface area contributed by atoms with Gasteiger partial charge >= 0.3 is 11.9 Å². The molecule has 0 fully saturated rings. The number of benzene rings is 3. The van der Waals surface area contributed by atoms with Crippen molar-refractivity contribution in [3.63, 3.8) is 0 Å². The standard InChI is InChI=1S/C62H83N15O15S2/c1-34(64)53(82)73-46(27-36-15-17-39(78)18-16-36)57(86)70-43(20-22-52(80)81)54(83)71-44(23-25-94-2)56(85)75-48(28-37-30-67-41-13-7-6-12-40(37)41)59(88)77-50(32-93)61(90)74-47(26-35-10-4-3-5-11-35)58(87)76-49(29-38-31-66-33-68-38)60(89)69-42(19-21-51(65)79)55(84)72-45(62(91)92)14-8-9-24-63/h3-7,10-13,15-18,30-31,33-34,42-50,67,78,93H,8-9,14,19-29,32,63-64H2,1-2H3,(H2,65,79)(H,66,68)(H,69,89)(H,70,86)(H,71,83)(H,72,84)(H,73,82)(H,74,90)(H,75,85)(H,76,87)(H,77,88)(H,80,81)(H,91,92)/t34-,42-,43-,44-,45-,46-,47-,48-,49-,50-/m0/s1. The molecule has 5 aromatic rings. The first-order valence-electron chi connectivity index (χ1n) is 30.3. The topological polar surface area (TPSA) is 496 Å². The van der Waals surface area contributed by atoms with Gasteiger partial charge in [-0.3, -0.25) is 52.7 Å². The molecule has 10 atom stereocenters. The Hall–Kier alpha value is -9.53. The van der Waals surface area contributed by atoms with Crippen molar-refractivity contribution < 1.29 is 72.9 Å². The van der Waals surface area contributed by atoms with Crippen molar-refractivity contribution in [2.75, 3.05) is 24.3 Å². The number of imidazole rings is 1. The van der Waals surface area contributed by atoms with E-state index < -0.39 is 151 Å². The first-order valence-corrected chi connectivity index (χ1v) is 32.3. The number of phenols is 1. The molecule has 0 aliphatic rings. The predicted octanol–water partition coefficient (Wildman–Crippen LogP) is -1.40. The molecular formula is C62H83N15O15S2. The lowest BCUT2D eigenvalue weighted by molar-refractivity contribution is -0.142. The van der Waals surface area contributed by atoms with Crippen molar-refractivity contribution in [3.05, 3.63) is 120 Å². The number of amides is 10. The van der Waals surface area contributed by atoms with Gasteiger partial charge in [0.15, 0.2) is 0 Å². The summed E-state index contributed by atoms with van der Waals surface area (Å²) in [6.45, 7) is 1.66. The number of nitrogens with two attached hydrogens (primary N) is 3. The van der Waals surface area contributed by atoms with Crippen LogP contribution in [0.25, 0.3) is 10.9 Å². The van der Waals surface area contributed by atoms with E-state index in [2.05, 4.69) is 75.4 Å². The van der Waals surface area contributed by atoms with Crippen molar-refractivity contribution in [2.45, 2.75) is 144 Å².